The molecule has 0 aliphatic rings. The van der Waals surface area contributed by atoms with E-state index >= 15 is 0 Å². The van der Waals surface area contributed by atoms with Crippen LogP contribution in [-0.2, 0) is 6.54 Å². The maximum Gasteiger partial charge on any atom is 0.0451 e. The van der Waals surface area contributed by atoms with Gasteiger partial charge in [-0.15, -0.1) is 0 Å². The third-order valence-corrected chi connectivity index (χ3v) is 3.70. The molecule has 0 saturated heterocycles. The van der Waals surface area contributed by atoms with Crippen LogP contribution in [0.1, 0.15) is 16.7 Å². The number of rotatable bonds is 3. The highest BCUT2D eigenvalue weighted by Gasteiger charge is 2.06. The topological polar surface area (TPSA) is 12.0 Å². The van der Waals surface area contributed by atoms with Crippen LogP contribution in [0.3, 0.4) is 0 Å². The van der Waals surface area contributed by atoms with E-state index in [0.717, 1.165) is 17.1 Å². The van der Waals surface area contributed by atoms with Gasteiger partial charge in [0.1, 0.15) is 0 Å². The van der Waals surface area contributed by atoms with Crippen LogP contribution in [0.5, 0.6) is 0 Å². The summed E-state index contributed by atoms with van der Waals surface area (Å²) in [7, 11) is 1.93. The van der Waals surface area contributed by atoms with Gasteiger partial charge in [0.25, 0.3) is 0 Å². The monoisotopic (exact) mass is 259 g/mol. The first-order chi connectivity index (χ1) is 8.63. The highest BCUT2D eigenvalue weighted by atomic mass is 35.5. The minimum atomic E-state index is 0.789. The van der Waals surface area contributed by atoms with Gasteiger partial charge in [-0.05, 0) is 60.8 Å². The average molecular weight is 260 g/mol. The second-order valence-electron chi connectivity index (χ2n) is 4.58. The minimum absolute atomic E-state index is 0.789. The maximum atomic E-state index is 6.19. The smallest absolute Gasteiger partial charge is 0.0451 e. The fraction of sp³-hybridized carbons (Fsp3) is 0.250. The highest BCUT2D eigenvalue weighted by Crippen LogP contribution is 2.28. The largest absolute Gasteiger partial charge is 0.316 e. The molecule has 0 heterocycles. The molecule has 1 N–H and O–H groups in total. The molecule has 0 bridgehead atoms. The van der Waals surface area contributed by atoms with Gasteiger partial charge in [-0.25, -0.2) is 0 Å². The molecule has 0 fully saturated rings. The van der Waals surface area contributed by atoms with Crippen LogP contribution < -0.4 is 5.32 Å². The number of benzene rings is 2. The maximum absolute atomic E-state index is 6.19. The normalized spacial score (nSPS) is 10.7. The summed E-state index contributed by atoms with van der Waals surface area (Å²) in [5.41, 5.74) is 6.29. The van der Waals surface area contributed by atoms with Crippen molar-refractivity contribution in [2.24, 2.45) is 0 Å². The van der Waals surface area contributed by atoms with Gasteiger partial charge >= 0.3 is 0 Å². The molecule has 1 nitrogen and oxygen atoms in total. The zero-order chi connectivity index (χ0) is 13.1. The van der Waals surface area contributed by atoms with E-state index < -0.39 is 0 Å². The van der Waals surface area contributed by atoms with Gasteiger partial charge in [-0.2, -0.15) is 0 Å². The lowest BCUT2D eigenvalue weighted by Gasteiger charge is -2.11. The minimum Gasteiger partial charge on any atom is -0.316 e. The standard InChI is InChI=1S/C16H18ClN/c1-11-5-4-6-15(12(11)2)13-7-8-16(17)14(9-13)10-18-3/h4-9,18H,10H2,1-3H3. The summed E-state index contributed by atoms with van der Waals surface area (Å²) >= 11 is 6.19. The van der Waals surface area contributed by atoms with Gasteiger partial charge in [0.15, 0.2) is 0 Å². The number of hydrogen-bond acceptors (Lipinski definition) is 1. The first kappa shape index (κ1) is 13.1. The molecule has 2 rings (SSSR count). The number of halogens is 1. The van der Waals surface area contributed by atoms with Gasteiger partial charge in [-0.1, -0.05) is 35.9 Å². The van der Waals surface area contributed by atoms with Crippen molar-refractivity contribution in [2.75, 3.05) is 7.05 Å². The van der Waals surface area contributed by atoms with Crippen LogP contribution in [0.4, 0.5) is 0 Å². The van der Waals surface area contributed by atoms with Crippen LogP contribution in [0.2, 0.25) is 5.02 Å². The van der Waals surface area contributed by atoms with E-state index in [-0.39, 0.29) is 0 Å². The van der Waals surface area contributed by atoms with Crippen LogP contribution in [0, 0.1) is 13.8 Å². The van der Waals surface area contributed by atoms with Crippen LogP contribution in [0.25, 0.3) is 11.1 Å². The zero-order valence-electron chi connectivity index (χ0n) is 11.0. The molecule has 0 atom stereocenters. The molecule has 0 amide bonds. The van der Waals surface area contributed by atoms with E-state index in [1.165, 1.54) is 22.3 Å². The Balaban J connectivity index is 2.51. The van der Waals surface area contributed by atoms with Gasteiger partial charge in [0.05, 0.1) is 0 Å². The third-order valence-electron chi connectivity index (χ3n) is 3.33. The Kier molecular flexibility index (Phi) is 4.05. The summed E-state index contributed by atoms with van der Waals surface area (Å²) in [6, 6.07) is 12.6. The third kappa shape index (κ3) is 2.58. The summed E-state index contributed by atoms with van der Waals surface area (Å²) in [4.78, 5) is 0. The Labute approximate surface area is 114 Å². The van der Waals surface area contributed by atoms with Gasteiger partial charge in [-0.3, -0.25) is 0 Å². The van der Waals surface area contributed by atoms with E-state index in [9.17, 15) is 0 Å². The average Bonchev–Trinajstić information content (AvgIpc) is 2.36. The SMILES string of the molecule is CNCc1cc(-c2cccc(C)c2C)ccc1Cl. The first-order valence-corrected chi connectivity index (χ1v) is 6.51. The molecule has 0 aliphatic heterocycles. The lowest BCUT2D eigenvalue weighted by Crippen LogP contribution is -2.05. The summed E-state index contributed by atoms with van der Waals surface area (Å²) in [6.07, 6.45) is 0. The molecule has 0 radical (unpaired) electrons. The van der Waals surface area contributed by atoms with Crippen molar-refractivity contribution in [3.8, 4) is 11.1 Å². The Hall–Kier alpha value is -1.31. The summed E-state index contributed by atoms with van der Waals surface area (Å²) < 4.78 is 0. The van der Waals surface area contributed by atoms with Gasteiger partial charge in [0.2, 0.25) is 0 Å². The number of nitrogens with one attached hydrogen (secondary N) is 1. The molecule has 2 aromatic rings. The zero-order valence-corrected chi connectivity index (χ0v) is 11.8. The predicted molar refractivity (Wildman–Crippen MR) is 79.1 cm³/mol. The molecular weight excluding hydrogens is 242 g/mol. The molecule has 2 aromatic carbocycles. The van der Waals surface area contributed by atoms with E-state index in [4.69, 9.17) is 11.6 Å². The molecule has 0 aliphatic carbocycles. The fourth-order valence-corrected chi connectivity index (χ4v) is 2.32. The first-order valence-electron chi connectivity index (χ1n) is 6.13. The Morgan fingerprint density at radius 3 is 2.61 bits per heavy atom. The van der Waals surface area contributed by atoms with E-state index in [1.54, 1.807) is 0 Å². The molecule has 18 heavy (non-hydrogen) atoms. The van der Waals surface area contributed by atoms with Crippen molar-refractivity contribution < 1.29 is 0 Å². The molecule has 94 valence electrons. The van der Waals surface area contributed by atoms with Crippen molar-refractivity contribution in [1.82, 2.24) is 5.32 Å². The molecule has 0 unspecified atom stereocenters. The second-order valence-corrected chi connectivity index (χ2v) is 4.99. The Morgan fingerprint density at radius 1 is 1.11 bits per heavy atom. The van der Waals surface area contributed by atoms with Crippen LogP contribution >= 0.6 is 11.6 Å². The van der Waals surface area contributed by atoms with Crippen LogP contribution in [-0.4, -0.2) is 7.05 Å². The van der Waals surface area contributed by atoms with Crippen molar-refractivity contribution >= 4 is 11.6 Å². The van der Waals surface area contributed by atoms with E-state index in [2.05, 4.69) is 49.5 Å². The molecule has 2 heteroatoms. The summed E-state index contributed by atoms with van der Waals surface area (Å²) in [6.45, 7) is 5.10. The number of aryl methyl sites for hydroxylation is 1. The van der Waals surface area contributed by atoms with Crippen molar-refractivity contribution in [1.29, 1.82) is 0 Å². The lowest BCUT2D eigenvalue weighted by atomic mass is 9.96. The molecular formula is C16H18ClN. The van der Waals surface area contributed by atoms with E-state index in [0.29, 0.717) is 0 Å². The molecule has 0 spiro atoms. The van der Waals surface area contributed by atoms with E-state index in [1.807, 2.05) is 13.1 Å². The lowest BCUT2D eigenvalue weighted by molar-refractivity contribution is 0.818. The quantitative estimate of drug-likeness (QED) is 0.865. The second kappa shape index (κ2) is 5.55. The number of hydrogen-bond donors (Lipinski definition) is 1. The Bertz CT molecular complexity index is 561. The van der Waals surface area contributed by atoms with Crippen molar-refractivity contribution in [2.45, 2.75) is 20.4 Å². The van der Waals surface area contributed by atoms with Crippen molar-refractivity contribution in [3.05, 3.63) is 58.1 Å². The highest BCUT2D eigenvalue weighted by molar-refractivity contribution is 6.31. The molecule has 0 saturated carbocycles. The van der Waals surface area contributed by atoms with Crippen molar-refractivity contribution in [3.63, 3.8) is 0 Å². The Morgan fingerprint density at radius 2 is 1.89 bits per heavy atom. The van der Waals surface area contributed by atoms with Gasteiger partial charge < -0.3 is 5.32 Å². The van der Waals surface area contributed by atoms with Crippen LogP contribution in [0.15, 0.2) is 36.4 Å². The fourth-order valence-electron chi connectivity index (χ4n) is 2.13. The van der Waals surface area contributed by atoms with Gasteiger partial charge in [0, 0.05) is 11.6 Å². The summed E-state index contributed by atoms with van der Waals surface area (Å²) in [5.74, 6) is 0. The summed E-state index contributed by atoms with van der Waals surface area (Å²) in [5, 5.41) is 3.96. The predicted octanol–water partition coefficient (Wildman–Crippen LogP) is 4.34. The molecule has 0 aromatic heterocycles.